The van der Waals surface area contributed by atoms with Crippen LogP contribution in [-0.2, 0) is 9.59 Å². The van der Waals surface area contributed by atoms with Gasteiger partial charge in [0, 0.05) is 20.1 Å². The van der Waals surface area contributed by atoms with E-state index >= 15 is 0 Å². The van der Waals surface area contributed by atoms with Crippen molar-refractivity contribution in [2.45, 2.75) is 58.5 Å². The molecule has 1 rings (SSSR count). The molecule has 5 nitrogen and oxygen atoms in total. The molecule has 0 heterocycles. The van der Waals surface area contributed by atoms with Crippen molar-refractivity contribution < 1.29 is 9.59 Å². The first-order valence-corrected chi connectivity index (χ1v) is 7.46. The number of nitrogens with one attached hydrogen (secondary N) is 1. The van der Waals surface area contributed by atoms with Gasteiger partial charge in [-0.25, -0.2) is 0 Å². The topological polar surface area (TPSA) is 75.4 Å². The highest BCUT2D eigenvalue weighted by molar-refractivity contribution is 5.90. The zero-order valence-corrected chi connectivity index (χ0v) is 13.4. The van der Waals surface area contributed by atoms with Crippen LogP contribution in [0.1, 0.15) is 46.5 Å². The average Bonchev–Trinajstić information content (AvgIpc) is 2.68. The Morgan fingerprint density at radius 2 is 2.00 bits per heavy atom. The van der Waals surface area contributed by atoms with Crippen LogP contribution < -0.4 is 11.1 Å². The lowest BCUT2D eigenvalue weighted by atomic mass is 9.83. The van der Waals surface area contributed by atoms with E-state index in [9.17, 15) is 9.59 Å². The molecular formula is C15H29N3O2. The average molecular weight is 283 g/mol. The van der Waals surface area contributed by atoms with E-state index in [1.807, 2.05) is 20.8 Å². The largest absolute Gasteiger partial charge is 0.347 e. The molecule has 0 saturated heterocycles. The molecule has 116 valence electrons. The van der Waals surface area contributed by atoms with Gasteiger partial charge in [-0.2, -0.15) is 0 Å². The summed E-state index contributed by atoms with van der Waals surface area (Å²) in [5.41, 5.74) is 5.53. The lowest BCUT2D eigenvalue weighted by molar-refractivity contribution is -0.138. The van der Waals surface area contributed by atoms with Crippen LogP contribution in [0.25, 0.3) is 0 Å². The molecule has 0 aromatic carbocycles. The molecule has 0 radical (unpaired) electrons. The predicted octanol–water partition coefficient (Wildman–Crippen LogP) is 1.12. The highest BCUT2D eigenvalue weighted by Gasteiger charge is 2.44. The second kappa shape index (κ2) is 6.57. The van der Waals surface area contributed by atoms with Crippen LogP contribution in [0.5, 0.6) is 0 Å². The van der Waals surface area contributed by atoms with Crippen molar-refractivity contribution in [3.05, 3.63) is 0 Å². The summed E-state index contributed by atoms with van der Waals surface area (Å²) in [5.74, 6) is 0.208. The molecule has 0 aliphatic heterocycles. The van der Waals surface area contributed by atoms with Crippen molar-refractivity contribution in [1.82, 2.24) is 10.2 Å². The molecule has 0 aromatic heterocycles. The number of carbonyl (C=O) groups is 2. The quantitative estimate of drug-likeness (QED) is 0.794. The maximum Gasteiger partial charge on any atom is 0.244 e. The standard InChI is InChI=1S/C15H29N3O2/c1-10(2)9-11(13(19)18(4)5)17-14(20)15(3)8-6-7-12(15)16/h10-12H,6-9,16H2,1-5H3,(H,17,20). The first-order valence-electron chi connectivity index (χ1n) is 7.46. The molecular weight excluding hydrogens is 254 g/mol. The SMILES string of the molecule is CC(C)CC(NC(=O)C1(C)CCCC1N)C(=O)N(C)C. The molecule has 5 heteroatoms. The second-order valence-electron chi connectivity index (χ2n) is 6.80. The van der Waals surface area contributed by atoms with Gasteiger partial charge in [0.2, 0.25) is 11.8 Å². The Morgan fingerprint density at radius 1 is 1.40 bits per heavy atom. The summed E-state index contributed by atoms with van der Waals surface area (Å²) in [5, 5.41) is 2.93. The van der Waals surface area contributed by atoms with Gasteiger partial charge < -0.3 is 16.0 Å². The number of nitrogens with two attached hydrogens (primary N) is 1. The molecule has 1 aliphatic rings. The highest BCUT2D eigenvalue weighted by Crippen LogP contribution is 2.37. The van der Waals surface area contributed by atoms with Gasteiger partial charge in [0.1, 0.15) is 6.04 Å². The van der Waals surface area contributed by atoms with Gasteiger partial charge >= 0.3 is 0 Å². The predicted molar refractivity (Wildman–Crippen MR) is 80.0 cm³/mol. The third-order valence-electron chi connectivity index (χ3n) is 4.30. The molecule has 0 spiro atoms. The second-order valence-corrected chi connectivity index (χ2v) is 6.80. The van der Waals surface area contributed by atoms with E-state index in [-0.39, 0.29) is 17.9 Å². The van der Waals surface area contributed by atoms with Gasteiger partial charge in [-0.1, -0.05) is 20.3 Å². The number of likely N-dealkylation sites (N-methyl/N-ethyl adjacent to an activating group) is 1. The summed E-state index contributed by atoms with van der Waals surface area (Å²) in [7, 11) is 3.43. The van der Waals surface area contributed by atoms with Crippen molar-refractivity contribution in [3.8, 4) is 0 Å². The van der Waals surface area contributed by atoms with E-state index in [0.29, 0.717) is 12.3 Å². The number of hydrogen-bond donors (Lipinski definition) is 2. The molecule has 0 aromatic rings. The van der Waals surface area contributed by atoms with E-state index in [1.54, 1.807) is 14.1 Å². The zero-order chi connectivity index (χ0) is 15.5. The van der Waals surface area contributed by atoms with Crippen molar-refractivity contribution in [2.24, 2.45) is 17.1 Å². The van der Waals surface area contributed by atoms with E-state index in [0.717, 1.165) is 19.3 Å². The van der Waals surface area contributed by atoms with E-state index in [4.69, 9.17) is 5.73 Å². The first-order chi connectivity index (χ1) is 9.18. The lowest BCUT2D eigenvalue weighted by Gasteiger charge is -2.31. The summed E-state index contributed by atoms with van der Waals surface area (Å²) in [6, 6.07) is -0.571. The van der Waals surface area contributed by atoms with Crippen molar-refractivity contribution in [2.75, 3.05) is 14.1 Å². The molecule has 3 N–H and O–H groups in total. The minimum atomic E-state index is -0.540. The van der Waals surface area contributed by atoms with Crippen LogP contribution in [0.2, 0.25) is 0 Å². The number of rotatable bonds is 5. The Morgan fingerprint density at radius 3 is 2.40 bits per heavy atom. The molecule has 3 unspecified atom stereocenters. The Kier molecular flexibility index (Phi) is 5.57. The third kappa shape index (κ3) is 3.72. The maximum atomic E-state index is 12.5. The third-order valence-corrected chi connectivity index (χ3v) is 4.30. The van der Waals surface area contributed by atoms with Gasteiger partial charge in [-0.05, 0) is 32.1 Å². The molecule has 3 atom stereocenters. The maximum absolute atomic E-state index is 12.5. The summed E-state index contributed by atoms with van der Waals surface area (Å²) in [4.78, 5) is 26.3. The highest BCUT2D eigenvalue weighted by atomic mass is 16.2. The van der Waals surface area contributed by atoms with Crippen LogP contribution in [0, 0.1) is 11.3 Å². The van der Waals surface area contributed by atoms with Crippen LogP contribution >= 0.6 is 0 Å². The first kappa shape index (κ1) is 17.0. The lowest BCUT2D eigenvalue weighted by Crippen LogP contribution is -2.54. The minimum Gasteiger partial charge on any atom is -0.347 e. The van der Waals surface area contributed by atoms with E-state index in [1.165, 1.54) is 4.90 Å². The summed E-state index contributed by atoms with van der Waals surface area (Å²) >= 11 is 0. The zero-order valence-electron chi connectivity index (χ0n) is 13.4. The van der Waals surface area contributed by atoms with Crippen LogP contribution in [0.3, 0.4) is 0 Å². The van der Waals surface area contributed by atoms with Crippen molar-refractivity contribution >= 4 is 11.8 Å². The molecule has 20 heavy (non-hydrogen) atoms. The van der Waals surface area contributed by atoms with Crippen molar-refractivity contribution in [1.29, 1.82) is 0 Å². The monoisotopic (exact) mass is 283 g/mol. The number of nitrogens with zero attached hydrogens (tertiary/aromatic N) is 1. The van der Waals surface area contributed by atoms with Gasteiger partial charge in [0.05, 0.1) is 5.41 Å². The number of hydrogen-bond acceptors (Lipinski definition) is 3. The van der Waals surface area contributed by atoms with Gasteiger partial charge in [0.25, 0.3) is 0 Å². The van der Waals surface area contributed by atoms with Gasteiger partial charge in [-0.3, -0.25) is 9.59 Å². The Balaban J connectivity index is 2.79. The fraction of sp³-hybridized carbons (Fsp3) is 0.867. The number of carbonyl (C=O) groups excluding carboxylic acids is 2. The van der Waals surface area contributed by atoms with Crippen LogP contribution in [0.15, 0.2) is 0 Å². The molecule has 1 saturated carbocycles. The fourth-order valence-electron chi connectivity index (χ4n) is 2.80. The van der Waals surface area contributed by atoms with Crippen molar-refractivity contribution in [3.63, 3.8) is 0 Å². The summed E-state index contributed by atoms with van der Waals surface area (Å²) in [6.45, 7) is 6.00. The van der Waals surface area contributed by atoms with Crippen LogP contribution in [0.4, 0.5) is 0 Å². The van der Waals surface area contributed by atoms with Crippen LogP contribution in [-0.4, -0.2) is 42.9 Å². The summed E-state index contributed by atoms with van der Waals surface area (Å²) in [6.07, 6.45) is 3.29. The Labute approximate surface area is 122 Å². The molecule has 0 bridgehead atoms. The Hall–Kier alpha value is -1.10. The minimum absolute atomic E-state index is 0.0535. The number of amides is 2. The van der Waals surface area contributed by atoms with E-state index in [2.05, 4.69) is 5.32 Å². The fourth-order valence-corrected chi connectivity index (χ4v) is 2.80. The molecule has 2 amide bonds. The van der Waals surface area contributed by atoms with Gasteiger partial charge in [0.15, 0.2) is 0 Å². The molecule has 1 fully saturated rings. The molecule has 1 aliphatic carbocycles. The normalized spacial score (nSPS) is 27.4. The smallest absolute Gasteiger partial charge is 0.244 e. The van der Waals surface area contributed by atoms with E-state index < -0.39 is 11.5 Å². The Bertz CT molecular complexity index is 368. The van der Waals surface area contributed by atoms with Gasteiger partial charge in [-0.15, -0.1) is 0 Å². The summed E-state index contributed by atoms with van der Waals surface area (Å²) < 4.78 is 0.